The first-order chi connectivity index (χ1) is 11.5. The van der Waals surface area contributed by atoms with Crippen molar-refractivity contribution in [2.24, 2.45) is 11.8 Å². The highest BCUT2D eigenvalue weighted by Gasteiger charge is 2.22. The second-order valence-electron chi connectivity index (χ2n) is 5.69. The molecule has 1 unspecified atom stereocenters. The zero-order valence-corrected chi connectivity index (χ0v) is 13.6. The van der Waals surface area contributed by atoms with Gasteiger partial charge in [-0.05, 0) is 24.1 Å². The lowest BCUT2D eigenvalue weighted by Crippen LogP contribution is -2.35. The number of nitrogens with one attached hydrogen (secondary N) is 1. The molecule has 126 valence electrons. The molecule has 24 heavy (non-hydrogen) atoms. The number of carboxylic acid groups (broad SMARTS) is 1. The minimum Gasteiger partial charge on any atom is -0.481 e. The molecule has 1 heterocycles. The predicted octanol–water partition coefficient (Wildman–Crippen LogP) is 2.96. The number of benzene rings is 1. The number of hydrogen-bond acceptors (Lipinski definition) is 4. The van der Waals surface area contributed by atoms with E-state index in [0.717, 1.165) is 0 Å². The van der Waals surface area contributed by atoms with E-state index in [1.165, 1.54) is 12.3 Å². The molecule has 2 N–H and O–H groups in total. The molecule has 1 aromatic carbocycles. The Morgan fingerprint density at radius 3 is 2.50 bits per heavy atom. The van der Waals surface area contributed by atoms with Crippen LogP contribution >= 0.6 is 0 Å². The molecule has 1 atom stereocenters. The largest absolute Gasteiger partial charge is 0.481 e. The van der Waals surface area contributed by atoms with Crippen LogP contribution in [0, 0.1) is 11.8 Å². The highest BCUT2D eigenvalue weighted by Crippen LogP contribution is 2.20. The van der Waals surface area contributed by atoms with Crippen molar-refractivity contribution in [3.05, 3.63) is 54.4 Å². The summed E-state index contributed by atoms with van der Waals surface area (Å²) in [4.78, 5) is 27.3. The van der Waals surface area contributed by atoms with Crippen molar-refractivity contribution >= 4 is 11.9 Å². The second-order valence-corrected chi connectivity index (χ2v) is 5.69. The Bertz CT molecular complexity index is 701. The third-order valence-corrected chi connectivity index (χ3v) is 3.55. The van der Waals surface area contributed by atoms with Crippen LogP contribution in [0.5, 0.6) is 11.5 Å². The average molecular weight is 328 g/mol. The van der Waals surface area contributed by atoms with Crippen LogP contribution in [0.3, 0.4) is 0 Å². The van der Waals surface area contributed by atoms with Crippen LogP contribution in [-0.4, -0.2) is 28.5 Å². The molecule has 0 saturated heterocycles. The molecule has 0 aliphatic heterocycles. The van der Waals surface area contributed by atoms with Gasteiger partial charge in [-0.25, -0.2) is 0 Å². The molecule has 6 heteroatoms. The Morgan fingerprint density at radius 1 is 1.17 bits per heavy atom. The summed E-state index contributed by atoms with van der Waals surface area (Å²) in [5.41, 5.74) is 0.177. The summed E-state index contributed by atoms with van der Waals surface area (Å²) >= 11 is 0. The van der Waals surface area contributed by atoms with E-state index in [9.17, 15) is 9.59 Å². The molecule has 0 fully saturated rings. The Labute approximate surface area is 140 Å². The summed E-state index contributed by atoms with van der Waals surface area (Å²) < 4.78 is 5.66. The van der Waals surface area contributed by atoms with Gasteiger partial charge in [0.2, 0.25) is 0 Å². The van der Waals surface area contributed by atoms with Gasteiger partial charge in [0, 0.05) is 18.8 Å². The molecular weight excluding hydrogens is 308 g/mol. The van der Waals surface area contributed by atoms with Crippen LogP contribution in [0.15, 0.2) is 48.7 Å². The lowest BCUT2D eigenvalue weighted by atomic mass is 9.96. The lowest BCUT2D eigenvalue weighted by molar-refractivity contribution is -0.142. The fourth-order valence-corrected chi connectivity index (χ4v) is 2.12. The SMILES string of the molecule is CC(C)C(CNC(=O)c1cc(Oc2ccccc2)ccn1)C(=O)O. The van der Waals surface area contributed by atoms with Gasteiger partial charge in [-0.1, -0.05) is 32.0 Å². The summed E-state index contributed by atoms with van der Waals surface area (Å²) in [5, 5.41) is 11.8. The maximum absolute atomic E-state index is 12.2. The lowest BCUT2D eigenvalue weighted by Gasteiger charge is -2.16. The van der Waals surface area contributed by atoms with E-state index in [2.05, 4.69) is 10.3 Å². The van der Waals surface area contributed by atoms with E-state index < -0.39 is 17.8 Å². The number of carboxylic acids is 1. The van der Waals surface area contributed by atoms with Gasteiger partial charge >= 0.3 is 5.97 Å². The summed E-state index contributed by atoms with van der Waals surface area (Å²) in [6.07, 6.45) is 1.48. The highest BCUT2D eigenvalue weighted by atomic mass is 16.5. The first kappa shape index (κ1) is 17.5. The molecule has 0 bridgehead atoms. The van der Waals surface area contributed by atoms with Crippen molar-refractivity contribution < 1.29 is 19.4 Å². The van der Waals surface area contributed by atoms with E-state index >= 15 is 0 Å². The minimum atomic E-state index is -0.931. The Balaban J connectivity index is 2.02. The number of amides is 1. The van der Waals surface area contributed by atoms with Gasteiger partial charge < -0.3 is 15.2 Å². The first-order valence-electron chi connectivity index (χ1n) is 7.67. The molecule has 2 rings (SSSR count). The van der Waals surface area contributed by atoms with Gasteiger partial charge in [0.1, 0.15) is 17.2 Å². The number of carbonyl (C=O) groups excluding carboxylic acids is 1. The van der Waals surface area contributed by atoms with Gasteiger partial charge in [-0.2, -0.15) is 0 Å². The van der Waals surface area contributed by atoms with Crippen molar-refractivity contribution in [3.63, 3.8) is 0 Å². The van der Waals surface area contributed by atoms with Gasteiger partial charge in [0.05, 0.1) is 5.92 Å². The van der Waals surface area contributed by atoms with Crippen LogP contribution in [0.1, 0.15) is 24.3 Å². The smallest absolute Gasteiger partial charge is 0.308 e. The van der Waals surface area contributed by atoms with Crippen molar-refractivity contribution in [3.8, 4) is 11.5 Å². The van der Waals surface area contributed by atoms with Gasteiger partial charge in [0.25, 0.3) is 5.91 Å². The summed E-state index contributed by atoms with van der Waals surface area (Å²) in [5.74, 6) is -0.943. The van der Waals surface area contributed by atoms with Crippen molar-refractivity contribution in [1.82, 2.24) is 10.3 Å². The van der Waals surface area contributed by atoms with Crippen LogP contribution < -0.4 is 10.1 Å². The van der Waals surface area contributed by atoms with E-state index in [4.69, 9.17) is 9.84 Å². The Hall–Kier alpha value is -2.89. The zero-order chi connectivity index (χ0) is 17.5. The fourth-order valence-electron chi connectivity index (χ4n) is 2.12. The predicted molar refractivity (Wildman–Crippen MR) is 89.1 cm³/mol. The van der Waals surface area contributed by atoms with Gasteiger partial charge in [0.15, 0.2) is 0 Å². The molecule has 0 aliphatic rings. The monoisotopic (exact) mass is 328 g/mol. The van der Waals surface area contributed by atoms with Crippen LogP contribution in [0.25, 0.3) is 0 Å². The topological polar surface area (TPSA) is 88.5 Å². The molecule has 0 aliphatic carbocycles. The number of nitrogens with zero attached hydrogens (tertiary/aromatic N) is 1. The third-order valence-electron chi connectivity index (χ3n) is 3.55. The quantitative estimate of drug-likeness (QED) is 0.816. The van der Waals surface area contributed by atoms with E-state index in [0.29, 0.717) is 11.5 Å². The molecule has 2 aromatic rings. The summed E-state index contributed by atoms with van der Waals surface area (Å²) in [7, 11) is 0. The van der Waals surface area contributed by atoms with Crippen molar-refractivity contribution in [2.45, 2.75) is 13.8 Å². The molecule has 0 spiro atoms. The van der Waals surface area contributed by atoms with Gasteiger partial charge in [-0.15, -0.1) is 0 Å². The maximum atomic E-state index is 12.2. The number of rotatable bonds is 7. The minimum absolute atomic E-state index is 0.0529. The number of aromatic nitrogens is 1. The Morgan fingerprint density at radius 2 is 1.88 bits per heavy atom. The average Bonchev–Trinajstić information content (AvgIpc) is 2.55. The fraction of sp³-hybridized carbons (Fsp3) is 0.278. The molecule has 1 amide bonds. The second kappa shape index (κ2) is 8.10. The van der Waals surface area contributed by atoms with E-state index in [1.807, 2.05) is 18.2 Å². The number of para-hydroxylation sites is 1. The van der Waals surface area contributed by atoms with Crippen molar-refractivity contribution in [2.75, 3.05) is 6.54 Å². The molecular formula is C18H20N2O4. The number of hydrogen-bond donors (Lipinski definition) is 2. The standard InChI is InChI=1S/C18H20N2O4/c1-12(2)15(18(22)23)11-20-17(21)16-10-14(8-9-19-16)24-13-6-4-3-5-7-13/h3-10,12,15H,11H2,1-2H3,(H,20,21)(H,22,23). The van der Waals surface area contributed by atoms with Crippen LogP contribution in [0.4, 0.5) is 0 Å². The van der Waals surface area contributed by atoms with E-state index in [-0.39, 0.29) is 18.2 Å². The van der Waals surface area contributed by atoms with Crippen molar-refractivity contribution in [1.29, 1.82) is 0 Å². The van der Waals surface area contributed by atoms with Crippen LogP contribution in [0.2, 0.25) is 0 Å². The zero-order valence-electron chi connectivity index (χ0n) is 13.6. The number of carbonyl (C=O) groups is 2. The number of aliphatic carboxylic acids is 1. The first-order valence-corrected chi connectivity index (χ1v) is 7.67. The molecule has 6 nitrogen and oxygen atoms in total. The number of ether oxygens (including phenoxy) is 1. The third kappa shape index (κ3) is 4.81. The maximum Gasteiger partial charge on any atom is 0.308 e. The summed E-state index contributed by atoms with van der Waals surface area (Å²) in [6, 6.07) is 12.4. The normalized spacial score (nSPS) is 11.8. The van der Waals surface area contributed by atoms with E-state index in [1.54, 1.807) is 32.0 Å². The molecule has 1 aromatic heterocycles. The molecule has 0 radical (unpaired) electrons. The Kier molecular flexibility index (Phi) is 5.89. The molecule has 0 saturated carbocycles. The van der Waals surface area contributed by atoms with Crippen LogP contribution in [-0.2, 0) is 4.79 Å². The highest BCUT2D eigenvalue weighted by molar-refractivity contribution is 5.92. The summed E-state index contributed by atoms with van der Waals surface area (Å²) in [6.45, 7) is 3.66. The van der Waals surface area contributed by atoms with Gasteiger partial charge in [-0.3, -0.25) is 14.6 Å². The number of pyridine rings is 1.